The maximum atomic E-state index is 8.88. The number of para-hydroxylation sites is 1. The Bertz CT molecular complexity index is 566. The van der Waals surface area contributed by atoms with Crippen molar-refractivity contribution in [2.45, 2.75) is 0 Å². The van der Waals surface area contributed by atoms with E-state index in [9.17, 15) is 0 Å². The Labute approximate surface area is 167 Å². The van der Waals surface area contributed by atoms with Crippen LogP contribution in [0.25, 0.3) is 6.08 Å². The summed E-state index contributed by atoms with van der Waals surface area (Å²) >= 11 is 0. The molecule has 0 saturated heterocycles. The Morgan fingerprint density at radius 1 is 0.905 bits per heavy atom. The summed E-state index contributed by atoms with van der Waals surface area (Å²) in [5.74, 6) is 0.852. The number of benzene rings is 2. The molecule has 0 aliphatic heterocycles. The Kier molecular flexibility index (Phi) is 11.2. The third-order valence-corrected chi connectivity index (χ3v) is 2.01. The van der Waals surface area contributed by atoms with Crippen molar-refractivity contribution in [1.82, 2.24) is 0 Å². The van der Waals surface area contributed by atoms with E-state index in [1.165, 1.54) is 0 Å². The average molecular weight is 334 g/mol. The van der Waals surface area contributed by atoms with E-state index in [0.717, 1.165) is 11.3 Å². The molecule has 0 saturated carbocycles. The molecule has 0 heterocycles. The molecular formula is C14H16KO5P. The van der Waals surface area contributed by atoms with Crippen LogP contribution < -0.4 is 56.1 Å². The molecule has 0 aromatic heterocycles. The maximum absolute atomic E-state index is 8.88. The van der Waals surface area contributed by atoms with E-state index in [4.69, 9.17) is 24.0 Å². The largest absolute Gasteiger partial charge is 1.00 e. The van der Waals surface area contributed by atoms with E-state index in [1.54, 1.807) is 6.26 Å². The molecule has 0 fully saturated rings. The first kappa shape index (κ1) is 20.7. The fraction of sp³-hybridized carbons (Fsp3) is 0. The smallest absolute Gasteiger partial charge is 1.00 e. The Balaban J connectivity index is 0. The fourth-order valence-electron chi connectivity index (χ4n) is 1.25. The quantitative estimate of drug-likeness (QED) is 0.415. The van der Waals surface area contributed by atoms with E-state index in [-0.39, 0.29) is 52.8 Å². The summed E-state index contributed by atoms with van der Waals surface area (Å²) in [4.78, 5) is 21.6. The normalized spacial score (nSPS) is 10.2. The van der Waals surface area contributed by atoms with Crippen molar-refractivity contribution in [2.75, 3.05) is 0 Å². The average Bonchev–Trinajstić information content (AvgIpc) is 2.39. The molecule has 108 valence electrons. The maximum Gasteiger partial charge on any atom is 1.00 e. The minimum atomic E-state index is -4.64. The van der Waals surface area contributed by atoms with Crippen LogP contribution in [0.15, 0.2) is 66.9 Å². The summed E-state index contributed by atoms with van der Waals surface area (Å²) in [6.07, 6.45) is 3.64. The molecule has 0 atom stereocenters. The van der Waals surface area contributed by atoms with Gasteiger partial charge in [-0.05, 0) is 23.8 Å². The van der Waals surface area contributed by atoms with Gasteiger partial charge in [-0.15, -0.1) is 0 Å². The number of hydrogen-bond acceptors (Lipinski definition) is 2. The van der Waals surface area contributed by atoms with Crippen molar-refractivity contribution in [3.8, 4) is 5.75 Å². The predicted molar refractivity (Wildman–Crippen MR) is 77.9 cm³/mol. The number of rotatable bonds is 3. The van der Waals surface area contributed by atoms with Crippen LogP contribution in [0.3, 0.4) is 0 Å². The van der Waals surface area contributed by atoms with E-state index in [1.807, 2.05) is 66.7 Å². The third-order valence-electron chi connectivity index (χ3n) is 2.01. The molecule has 2 rings (SSSR count). The summed E-state index contributed by atoms with van der Waals surface area (Å²) in [5, 5.41) is 0. The number of phosphoric acid groups is 1. The van der Waals surface area contributed by atoms with E-state index in [0.29, 0.717) is 0 Å². The van der Waals surface area contributed by atoms with Crippen LogP contribution in [-0.4, -0.2) is 14.7 Å². The SMILES string of the molecule is C(=Cc1ccccc1)Oc1ccccc1.O=P(O)(O)O.[H-].[K+]. The minimum absolute atomic E-state index is 0. The van der Waals surface area contributed by atoms with Crippen LogP contribution in [0.1, 0.15) is 6.99 Å². The molecule has 2 aromatic rings. The second-order valence-electron chi connectivity index (χ2n) is 3.66. The summed E-state index contributed by atoms with van der Waals surface area (Å²) in [6.45, 7) is 0. The first-order valence-electron chi connectivity index (χ1n) is 5.67. The van der Waals surface area contributed by atoms with Crippen molar-refractivity contribution >= 4 is 13.9 Å². The van der Waals surface area contributed by atoms with E-state index < -0.39 is 7.82 Å². The molecule has 0 spiro atoms. The monoisotopic (exact) mass is 334 g/mol. The van der Waals surface area contributed by atoms with Gasteiger partial charge >= 0.3 is 59.2 Å². The first-order valence-corrected chi connectivity index (χ1v) is 7.23. The van der Waals surface area contributed by atoms with Crippen LogP contribution in [0, 0.1) is 0 Å². The molecule has 0 amide bonds. The molecule has 7 heteroatoms. The van der Waals surface area contributed by atoms with Crippen molar-refractivity contribution in [1.29, 1.82) is 0 Å². The predicted octanol–water partition coefficient (Wildman–Crippen LogP) is -0.0758. The molecule has 0 bridgehead atoms. The molecule has 5 nitrogen and oxygen atoms in total. The minimum Gasteiger partial charge on any atom is -1.00 e. The van der Waals surface area contributed by atoms with Gasteiger partial charge in [0, 0.05) is 0 Å². The van der Waals surface area contributed by atoms with Crippen LogP contribution in [0.2, 0.25) is 0 Å². The molecule has 2 aromatic carbocycles. The van der Waals surface area contributed by atoms with E-state index in [2.05, 4.69) is 0 Å². The Hall–Kier alpha value is -0.274. The summed E-state index contributed by atoms with van der Waals surface area (Å²) in [6, 6.07) is 19.8. The van der Waals surface area contributed by atoms with Gasteiger partial charge in [-0.3, -0.25) is 0 Å². The van der Waals surface area contributed by atoms with Gasteiger partial charge in [-0.25, -0.2) is 4.57 Å². The third kappa shape index (κ3) is 13.1. The van der Waals surface area contributed by atoms with E-state index >= 15 is 0 Å². The van der Waals surface area contributed by atoms with Gasteiger partial charge < -0.3 is 20.8 Å². The van der Waals surface area contributed by atoms with Crippen LogP contribution in [0.4, 0.5) is 0 Å². The zero-order valence-electron chi connectivity index (χ0n) is 12.5. The topological polar surface area (TPSA) is 87.0 Å². The van der Waals surface area contributed by atoms with Crippen molar-refractivity contribution in [3.05, 3.63) is 72.5 Å². The van der Waals surface area contributed by atoms with Gasteiger partial charge in [0.05, 0.1) is 6.26 Å². The molecule has 21 heavy (non-hydrogen) atoms. The molecule has 0 aliphatic rings. The summed E-state index contributed by atoms with van der Waals surface area (Å²) in [5.41, 5.74) is 1.13. The first-order chi connectivity index (χ1) is 9.45. The van der Waals surface area contributed by atoms with Crippen molar-refractivity contribution in [3.63, 3.8) is 0 Å². The zero-order valence-corrected chi connectivity index (χ0v) is 15.6. The van der Waals surface area contributed by atoms with Gasteiger partial charge in [0.15, 0.2) is 0 Å². The molecule has 0 aliphatic carbocycles. The number of ether oxygens (including phenoxy) is 1. The molecule has 0 unspecified atom stereocenters. The van der Waals surface area contributed by atoms with Crippen LogP contribution in [-0.2, 0) is 4.57 Å². The molecule has 0 radical (unpaired) electrons. The standard InChI is InChI=1S/C14H12O.K.H3O4P.H/c1-3-7-13(8-4-1)11-12-15-14-9-5-2-6-10-14;;1-5(2,3)4;/h1-12H;;(H3,1,2,3,4);/q;+1;;-1. The number of hydrogen-bond donors (Lipinski definition) is 3. The van der Waals surface area contributed by atoms with Gasteiger partial charge in [-0.2, -0.15) is 0 Å². The van der Waals surface area contributed by atoms with Gasteiger partial charge in [0.2, 0.25) is 0 Å². The van der Waals surface area contributed by atoms with Crippen LogP contribution in [0.5, 0.6) is 5.75 Å². The second kappa shape index (κ2) is 11.3. The zero-order chi connectivity index (χ0) is 14.8. The summed E-state index contributed by atoms with van der Waals surface area (Å²) in [7, 11) is -4.64. The summed E-state index contributed by atoms with van der Waals surface area (Å²) < 4.78 is 14.3. The Morgan fingerprint density at radius 2 is 1.33 bits per heavy atom. The van der Waals surface area contributed by atoms with Gasteiger partial charge in [0.25, 0.3) is 0 Å². The van der Waals surface area contributed by atoms with Gasteiger partial charge in [0.1, 0.15) is 5.75 Å². The molecular weight excluding hydrogens is 318 g/mol. The van der Waals surface area contributed by atoms with Crippen molar-refractivity contribution in [2.24, 2.45) is 0 Å². The Morgan fingerprint density at radius 3 is 1.81 bits per heavy atom. The molecule has 3 N–H and O–H groups in total. The fourth-order valence-corrected chi connectivity index (χ4v) is 1.25. The second-order valence-corrected chi connectivity index (χ2v) is 4.68. The van der Waals surface area contributed by atoms with Crippen LogP contribution >= 0.6 is 7.82 Å². The van der Waals surface area contributed by atoms with Gasteiger partial charge in [-0.1, -0.05) is 48.5 Å². The van der Waals surface area contributed by atoms with Crippen molar-refractivity contribution < 1.29 is 76.8 Å².